The Hall–Kier alpha value is -2.48. The van der Waals surface area contributed by atoms with Gasteiger partial charge in [-0.2, -0.15) is 5.10 Å². The molecule has 0 aliphatic rings. The zero-order chi connectivity index (χ0) is 17.9. The van der Waals surface area contributed by atoms with Gasteiger partial charge in [-0.3, -0.25) is 14.7 Å². The van der Waals surface area contributed by atoms with Crippen LogP contribution in [0.3, 0.4) is 0 Å². The van der Waals surface area contributed by atoms with E-state index < -0.39 is 17.4 Å². The second-order valence-electron chi connectivity index (χ2n) is 6.25. The second kappa shape index (κ2) is 6.96. The minimum absolute atomic E-state index is 0.00321. The summed E-state index contributed by atoms with van der Waals surface area (Å²) in [6.45, 7) is 7.33. The van der Waals surface area contributed by atoms with Gasteiger partial charge in [-0.05, 0) is 25.8 Å². The summed E-state index contributed by atoms with van der Waals surface area (Å²) in [5, 5.41) is 22.8. The molecule has 24 heavy (non-hydrogen) atoms. The minimum atomic E-state index is -1.07. The first-order chi connectivity index (χ1) is 11.2. The van der Waals surface area contributed by atoms with Crippen molar-refractivity contribution in [2.75, 3.05) is 11.9 Å². The molecule has 0 saturated carbocycles. The molecule has 8 heteroatoms. The van der Waals surface area contributed by atoms with Crippen molar-refractivity contribution >= 4 is 28.5 Å². The van der Waals surface area contributed by atoms with Gasteiger partial charge in [0, 0.05) is 17.6 Å². The number of nitrogens with zero attached hydrogens (tertiary/aromatic N) is 2. The first-order valence-corrected chi connectivity index (χ1v) is 7.87. The van der Waals surface area contributed by atoms with Crippen LogP contribution in [0.15, 0.2) is 12.3 Å². The summed E-state index contributed by atoms with van der Waals surface area (Å²) in [6.07, 6.45) is 2.20. The van der Waals surface area contributed by atoms with E-state index >= 15 is 0 Å². The van der Waals surface area contributed by atoms with Crippen molar-refractivity contribution in [3.05, 3.63) is 18.0 Å². The van der Waals surface area contributed by atoms with Crippen molar-refractivity contribution < 1.29 is 14.7 Å². The molecule has 2 atom stereocenters. The van der Waals surface area contributed by atoms with Gasteiger partial charge in [-0.15, -0.1) is 0 Å². The standard InChI is InChI=1S/C16H23N5O3/c1-5-9(2)16(4,24)8-18-14(22)15(23)19-11-6-12-10(3)20-21-13(12)17-7-11/h6-7,9,24H,5,8H2,1-4H3,(H,18,22)(H,19,23)(H,17,20,21). The summed E-state index contributed by atoms with van der Waals surface area (Å²) in [6, 6.07) is 1.70. The zero-order valence-electron chi connectivity index (χ0n) is 14.3. The molecule has 2 heterocycles. The average Bonchev–Trinajstić information content (AvgIpc) is 2.92. The SMILES string of the molecule is CCC(C)C(C)(O)CNC(=O)C(=O)Nc1cnc2n[nH]c(C)c2c1. The number of carbonyl (C=O) groups is 2. The summed E-state index contributed by atoms with van der Waals surface area (Å²) >= 11 is 0. The van der Waals surface area contributed by atoms with Crippen LogP contribution in [0.4, 0.5) is 5.69 Å². The molecule has 8 nitrogen and oxygen atoms in total. The van der Waals surface area contributed by atoms with E-state index in [4.69, 9.17) is 0 Å². The number of rotatable bonds is 5. The van der Waals surface area contributed by atoms with E-state index in [2.05, 4.69) is 25.8 Å². The maximum atomic E-state index is 12.0. The van der Waals surface area contributed by atoms with E-state index in [9.17, 15) is 14.7 Å². The third-order valence-electron chi connectivity index (χ3n) is 4.35. The Bertz CT molecular complexity index is 753. The van der Waals surface area contributed by atoms with Crippen LogP contribution in [0, 0.1) is 12.8 Å². The summed E-state index contributed by atoms with van der Waals surface area (Å²) < 4.78 is 0. The molecule has 0 radical (unpaired) electrons. The predicted octanol–water partition coefficient (Wildman–Crippen LogP) is 1.12. The number of aromatic amines is 1. The number of hydrogen-bond donors (Lipinski definition) is 4. The Morgan fingerprint density at radius 1 is 1.42 bits per heavy atom. The van der Waals surface area contributed by atoms with E-state index in [1.807, 2.05) is 20.8 Å². The van der Waals surface area contributed by atoms with E-state index in [1.54, 1.807) is 13.0 Å². The molecule has 130 valence electrons. The zero-order valence-corrected chi connectivity index (χ0v) is 14.3. The Balaban J connectivity index is 1.98. The van der Waals surface area contributed by atoms with Crippen molar-refractivity contribution in [2.45, 2.75) is 39.7 Å². The lowest BCUT2D eigenvalue weighted by Crippen LogP contribution is -2.47. The van der Waals surface area contributed by atoms with Gasteiger partial charge in [0.05, 0.1) is 17.5 Å². The number of aryl methyl sites for hydroxylation is 1. The van der Waals surface area contributed by atoms with Gasteiger partial charge < -0.3 is 15.7 Å². The average molecular weight is 333 g/mol. The van der Waals surface area contributed by atoms with Crippen molar-refractivity contribution in [3.8, 4) is 0 Å². The number of nitrogens with one attached hydrogen (secondary N) is 3. The van der Waals surface area contributed by atoms with Gasteiger partial charge in [0.1, 0.15) is 0 Å². The number of anilines is 1. The van der Waals surface area contributed by atoms with Crippen LogP contribution in [-0.4, -0.2) is 44.2 Å². The number of carbonyl (C=O) groups excluding carboxylic acids is 2. The lowest BCUT2D eigenvalue weighted by Gasteiger charge is -2.29. The largest absolute Gasteiger partial charge is 0.388 e. The Labute approximate surface area is 140 Å². The fraction of sp³-hybridized carbons (Fsp3) is 0.500. The topological polar surface area (TPSA) is 120 Å². The van der Waals surface area contributed by atoms with Crippen LogP contribution in [0.2, 0.25) is 0 Å². The highest BCUT2D eigenvalue weighted by Crippen LogP contribution is 2.19. The van der Waals surface area contributed by atoms with Gasteiger partial charge >= 0.3 is 11.8 Å². The molecule has 0 aliphatic carbocycles. The van der Waals surface area contributed by atoms with Crippen LogP contribution < -0.4 is 10.6 Å². The minimum Gasteiger partial charge on any atom is -0.388 e. The molecule has 2 amide bonds. The van der Waals surface area contributed by atoms with Crippen LogP contribution in [0.5, 0.6) is 0 Å². The Morgan fingerprint density at radius 2 is 2.12 bits per heavy atom. The number of aromatic nitrogens is 3. The third kappa shape index (κ3) is 3.88. The molecule has 0 aliphatic heterocycles. The predicted molar refractivity (Wildman–Crippen MR) is 90.3 cm³/mol. The van der Waals surface area contributed by atoms with Gasteiger partial charge in [-0.25, -0.2) is 4.98 Å². The van der Waals surface area contributed by atoms with Gasteiger partial charge in [0.25, 0.3) is 0 Å². The molecule has 2 aromatic rings. The normalized spacial score (nSPS) is 14.9. The third-order valence-corrected chi connectivity index (χ3v) is 4.35. The maximum absolute atomic E-state index is 12.0. The highest BCUT2D eigenvalue weighted by Gasteiger charge is 2.28. The fourth-order valence-electron chi connectivity index (χ4n) is 2.23. The summed E-state index contributed by atoms with van der Waals surface area (Å²) in [4.78, 5) is 28.0. The molecule has 0 spiro atoms. The highest BCUT2D eigenvalue weighted by atomic mass is 16.3. The molecular formula is C16H23N5O3. The monoisotopic (exact) mass is 333 g/mol. The lowest BCUT2D eigenvalue weighted by molar-refractivity contribution is -0.137. The molecule has 0 saturated heterocycles. The molecule has 2 aromatic heterocycles. The second-order valence-corrected chi connectivity index (χ2v) is 6.25. The fourth-order valence-corrected chi connectivity index (χ4v) is 2.23. The number of pyridine rings is 1. The van der Waals surface area contributed by atoms with Crippen LogP contribution >= 0.6 is 0 Å². The number of amides is 2. The van der Waals surface area contributed by atoms with Gasteiger partial charge in [-0.1, -0.05) is 20.3 Å². The maximum Gasteiger partial charge on any atom is 0.313 e. The van der Waals surface area contributed by atoms with Gasteiger partial charge in [0.2, 0.25) is 0 Å². The lowest BCUT2D eigenvalue weighted by atomic mass is 9.89. The van der Waals surface area contributed by atoms with E-state index in [-0.39, 0.29) is 12.5 Å². The summed E-state index contributed by atoms with van der Waals surface area (Å²) in [5.41, 5.74) is 0.696. The first-order valence-electron chi connectivity index (χ1n) is 7.87. The molecule has 2 unspecified atom stereocenters. The molecule has 2 rings (SSSR count). The Morgan fingerprint density at radius 3 is 2.79 bits per heavy atom. The van der Waals surface area contributed by atoms with E-state index in [0.29, 0.717) is 11.3 Å². The molecule has 0 bridgehead atoms. The number of aliphatic hydroxyl groups is 1. The van der Waals surface area contributed by atoms with Crippen molar-refractivity contribution in [2.24, 2.45) is 5.92 Å². The number of fused-ring (bicyclic) bond motifs is 1. The van der Waals surface area contributed by atoms with Crippen LogP contribution in [0.1, 0.15) is 32.9 Å². The molecular weight excluding hydrogens is 310 g/mol. The number of hydrogen-bond acceptors (Lipinski definition) is 5. The van der Waals surface area contributed by atoms with Crippen LogP contribution in [-0.2, 0) is 9.59 Å². The highest BCUT2D eigenvalue weighted by molar-refractivity contribution is 6.39. The summed E-state index contributed by atoms with van der Waals surface area (Å²) in [7, 11) is 0. The van der Waals surface area contributed by atoms with Crippen molar-refractivity contribution in [3.63, 3.8) is 0 Å². The van der Waals surface area contributed by atoms with E-state index in [1.165, 1.54) is 6.20 Å². The van der Waals surface area contributed by atoms with E-state index in [0.717, 1.165) is 17.5 Å². The quantitative estimate of drug-likeness (QED) is 0.611. The van der Waals surface area contributed by atoms with Crippen molar-refractivity contribution in [1.29, 1.82) is 0 Å². The van der Waals surface area contributed by atoms with Crippen molar-refractivity contribution in [1.82, 2.24) is 20.5 Å². The van der Waals surface area contributed by atoms with Crippen LogP contribution in [0.25, 0.3) is 11.0 Å². The first kappa shape index (κ1) is 17.9. The van der Waals surface area contributed by atoms with Gasteiger partial charge in [0.15, 0.2) is 5.65 Å². The smallest absolute Gasteiger partial charge is 0.313 e. The summed E-state index contributed by atoms with van der Waals surface area (Å²) in [5.74, 6) is -1.61. The molecule has 0 fully saturated rings. The molecule has 0 aromatic carbocycles. The number of H-pyrrole nitrogens is 1. The Kier molecular flexibility index (Phi) is 5.18. The molecule has 4 N–H and O–H groups in total.